The largest absolute Gasteiger partial charge is 0.0616 e. The summed E-state index contributed by atoms with van der Waals surface area (Å²) in [5.41, 5.74) is 0. The van der Waals surface area contributed by atoms with Crippen molar-refractivity contribution in [2.24, 2.45) is 0 Å². The van der Waals surface area contributed by atoms with Gasteiger partial charge < -0.3 is 5.11 Å². The number of aliphatic carboxylic acids is 1. The van der Waals surface area contributed by atoms with Crippen molar-refractivity contribution >= 4 is 68.1 Å². The molecule has 0 heterocycles. The van der Waals surface area contributed by atoms with Gasteiger partial charge in [-0.3, -0.25) is 4.79 Å². The van der Waals surface area contributed by atoms with E-state index >= 15 is 0 Å². The van der Waals surface area contributed by atoms with Crippen LogP contribution in [0.15, 0.2) is 48.5 Å². The Morgan fingerprint density at radius 2 is 1.13 bits per heavy atom. The van der Waals surface area contributed by atoms with Gasteiger partial charge >= 0.3 is 51.4 Å². The number of carbonyl (C=O) groups is 1. The van der Waals surface area contributed by atoms with Crippen molar-refractivity contribution in [3.63, 3.8) is 0 Å². The van der Waals surface area contributed by atoms with E-state index in [0.29, 0.717) is 0 Å². The molecule has 74 valence electrons. The molecule has 2 aromatic rings. The monoisotopic (exact) mass is 228 g/mol. The van der Waals surface area contributed by atoms with Gasteiger partial charge in [0.1, 0.15) is 0 Å². The Bertz CT molecular complexity index is 357. The first-order chi connectivity index (χ1) is 6.70. The number of carboxylic acids is 1. The van der Waals surface area contributed by atoms with E-state index in [1.165, 1.54) is 10.8 Å². The van der Waals surface area contributed by atoms with E-state index in [0.717, 1.165) is 6.92 Å². The fourth-order valence-electron chi connectivity index (χ4n) is 1.13. The molecule has 0 spiro atoms. The molecule has 0 aromatic heterocycles. The molecule has 0 amide bonds. The van der Waals surface area contributed by atoms with Gasteiger partial charge in [-0.05, 0) is 10.8 Å². The SMILES string of the molecule is CC(=O)O.[KH].c1ccc2ccccc2c1. The summed E-state index contributed by atoms with van der Waals surface area (Å²) < 4.78 is 0. The van der Waals surface area contributed by atoms with Gasteiger partial charge in [0.2, 0.25) is 0 Å². The van der Waals surface area contributed by atoms with Crippen LogP contribution >= 0.6 is 0 Å². The average molecular weight is 228 g/mol. The number of benzene rings is 2. The van der Waals surface area contributed by atoms with Gasteiger partial charge in [-0.15, -0.1) is 0 Å². The summed E-state index contributed by atoms with van der Waals surface area (Å²) in [7, 11) is 0. The average Bonchev–Trinajstić information content (AvgIpc) is 2.17. The molecule has 0 saturated heterocycles. The molecular weight excluding hydrogens is 215 g/mol. The molecule has 3 heteroatoms. The smallest absolute Gasteiger partial charge is 0.0184 e. The Labute approximate surface area is 132 Å². The molecule has 15 heavy (non-hydrogen) atoms. The molecule has 2 aromatic carbocycles. The van der Waals surface area contributed by atoms with Crippen LogP contribution in [0.4, 0.5) is 0 Å². The van der Waals surface area contributed by atoms with Gasteiger partial charge in [-0.1, -0.05) is 48.5 Å². The molecule has 0 saturated carbocycles. The van der Waals surface area contributed by atoms with Crippen LogP contribution in [0.2, 0.25) is 0 Å². The second-order valence-electron chi connectivity index (χ2n) is 2.87. The van der Waals surface area contributed by atoms with E-state index < -0.39 is 5.97 Å². The fraction of sp³-hybridized carbons (Fsp3) is 0.0833. The number of fused-ring (bicyclic) bond motifs is 1. The van der Waals surface area contributed by atoms with Crippen LogP contribution in [0.25, 0.3) is 10.8 Å². The van der Waals surface area contributed by atoms with Gasteiger partial charge in [0.05, 0.1) is 0 Å². The summed E-state index contributed by atoms with van der Waals surface area (Å²) in [5.74, 6) is -0.833. The van der Waals surface area contributed by atoms with Crippen LogP contribution in [0.5, 0.6) is 0 Å². The van der Waals surface area contributed by atoms with Gasteiger partial charge in [-0.25, -0.2) is 0 Å². The van der Waals surface area contributed by atoms with Gasteiger partial charge in [0.25, 0.3) is 5.97 Å². The maximum Gasteiger partial charge on any atom is -0.0184 e. The molecule has 1 N–H and O–H groups in total. The van der Waals surface area contributed by atoms with Crippen molar-refractivity contribution in [3.05, 3.63) is 48.5 Å². The summed E-state index contributed by atoms with van der Waals surface area (Å²) >= 11 is 0. The predicted octanol–water partition coefficient (Wildman–Crippen LogP) is 2.28. The zero-order valence-corrected chi connectivity index (χ0v) is 7.97. The summed E-state index contributed by atoms with van der Waals surface area (Å²) in [6.07, 6.45) is 0. The quantitative estimate of drug-likeness (QED) is 0.702. The standard InChI is InChI=1S/C10H8.C2H4O2.K.H/c1-2-6-10-8-4-3-7-9(10)5-1;1-2(3)4;;/h1-8H;1H3,(H,3,4);;. The minimum absolute atomic E-state index is 0. The molecule has 2 rings (SSSR count). The van der Waals surface area contributed by atoms with E-state index in [1.54, 1.807) is 0 Å². The normalized spacial score (nSPS) is 8.33. The Balaban J connectivity index is 0.000000346. The Morgan fingerprint density at radius 3 is 1.33 bits per heavy atom. The van der Waals surface area contributed by atoms with Crippen molar-refractivity contribution < 1.29 is 9.90 Å². The summed E-state index contributed by atoms with van der Waals surface area (Å²) in [5, 5.41) is 10.0. The van der Waals surface area contributed by atoms with E-state index in [9.17, 15) is 0 Å². The maximum atomic E-state index is 9.00. The van der Waals surface area contributed by atoms with E-state index in [2.05, 4.69) is 48.5 Å². The van der Waals surface area contributed by atoms with Crippen LogP contribution in [0, 0.1) is 0 Å². The minimum atomic E-state index is -0.833. The van der Waals surface area contributed by atoms with Crippen LogP contribution in [0.3, 0.4) is 0 Å². The van der Waals surface area contributed by atoms with Crippen LogP contribution in [-0.4, -0.2) is 62.5 Å². The number of hydrogen-bond donors (Lipinski definition) is 1. The third-order valence-corrected chi connectivity index (χ3v) is 1.66. The first-order valence-electron chi connectivity index (χ1n) is 4.33. The minimum Gasteiger partial charge on any atom is -0.0616 e. The van der Waals surface area contributed by atoms with Crippen LogP contribution in [-0.2, 0) is 4.79 Å². The Morgan fingerprint density at radius 1 is 0.933 bits per heavy atom. The molecule has 0 unspecified atom stereocenters. The maximum absolute atomic E-state index is 9.00. The second kappa shape index (κ2) is 8.02. The van der Waals surface area contributed by atoms with Crippen molar-refractivity contribution in [2.75, 3.05) is 0 Å². The zero-order chi connectivity index (χ0) is 10.4. The molecule has 0 aliphatic carbocycles. The third-order valence-electron chi connectivity index (χ3n) is 1.66. The molecule has 0 aliphatic heterocycles. The first-order valence-corrected chi connectivity index (χ1v) is 4.33. The Hall–Kier alpha value is -0.194. The number of rotatable bonds is 0. The van der Waals surface area contributed by atoms with Crippen molar-refractivity contribution in [1.82, 2.24) is 0 Å². The van der Waals surface area contributed by atoms with Gasteiger partial charge in [0, 0.05) is 6.92 Å². The fourth-order valence-corrected chi connectivity index (χ4v) is 1.13. The van der Waals surface area contributed by atoms with Crippen molar-refractivity contribution in [3.8, 4) is 0 Å². The number of carboxylic acid groups (broad SMARTS) is 1. The Kier molecular flexibility index (Phi) is 7.91. The molecule has 0 fully saturated rings. The number of hydrogen-bond acceptors (Lipinski definition) is 1. The third kappa shape index (κ3) is 6.07. The second-order valence-corrected chi connectivity index (χ2v) is 2.87. The predicted molar refractivity (Wildman–Crippen MR) is 64.4 cm³/mol. The molecule has 0 atom stereocenters. The van der Waals surface area contributed by atoms with E-state index in [1.807, 2.05) is 0 Å². The molecule has 0 aliphatic rings. The summed E-state index contributed by atoms with van der Waals surface area (Å²) in [6, 6.07) is 16.7. The summed E-state index contributed by atoms with van der Waals surface area (Å²) in [6.45, 7) is 1.08. The van der Waals surface area contributed by atoms with Crippen molar-refractivity contribution in [2.45, 2.75) is 6.92 Å². The van der Waals surface area contributed by atoms with Crippen LogP contribution < -0.4 is 0 Å². The van der Waals surface area contributed by atoms with Gasteiger partial charge in [-0.2, -0.15) is 0 Å². The van der Waals surface area contributed by atoms with E-state index in [-0.39, 0.29) is 51.4 Å². The van der Waals surface area contributed by atoms with E-state index in [4.69, 9.17) is 9.90 Å². The van der Waals surface area contributed by atoms with Gasteiger partial charge in [0.15, 0.2) is 0 Å². The van der Waals surface area contributed by atoms with Crippen LogP contribution in [0.1, 0.15) is 6.92 Å². The van der Waals surface area contributed by atoms with Crippen molar-refractivity contribution in [1.29, 1.82) is 0 Å². The zero-order valence-electron chi connectivity index (χ0n) is 7.97. The molecule has 0 radical (unpaired) electrons. The molecular formula is C12H13KO2. The first kappa shape index (κ1) is 14.8. The topological polar surface area (TPSA) is 37.3 Å². The summed E-state index contributed by atoms with van der Waals surface area (Å²) in [4.78, 5) is 9.00. The molecule has 0 bridgehead atoms. The molecule has 2 nitrogen and oxygen atoms in total.